The van der Waals surface area contributed by atoms with Crippen molar-refractivity contribution >= 4 is 23.5 Å². The van der Waals surface area contributed by atoms with Crippen molar-refractivity contribution in [1.29, 1.82) is 0 Å². The molecule has 1 unspecified atom stereocenters. The highest BCUT2D eigenvalue weighted by Gasteiger charge is 2.32. The third-order valence-electron chi connectivity index (χ3n) is 2.90. The number of ether oxygens (including phenoxy) is 1. The summed E-state index contributed by atoms with van der Waals surface area (Å²) in [5.41, 5.74) is 6.04. The molecule has 0 bridgehead atoms. The van der Waals surface area contributed by atoms with Crippen LogP contribution in [-0.2, 0) is 11.2 Å². The van der Waals surface area contributed by atoms with E-state index in [1.54, 1.807) is 6.07 Å². The Labute approximate surface area is 116 Å². The summed E-state index contributed by atoms with van der Waals surface area (Å²) in [4.78, 5) is 14.5. The van der Waals surface area contributed by atoms with Crippen LogP contribution in [0.1, 0.15) is 25.8 Å². The highest BCUT2D eigenvalue weighted by atomic mass is 35.5. The molecule has 1 atom stereocenters. The summed E-state index contributed by atoms with van der Waals surface area (Å²) < 4.78 is 5.88. The molecule has 6 heteroatoms. The number of carbonyl (C=O) groups is 1. The number of fused-ring (bicyclic) bond motifs is 1. The first kappa shape index (κ1) is 13.7. The SMILES string of the molecule is CC(=O)N=C(N)NC1(C)CCc2cc(Cl)ccc2O1. The molecule has 0 aliphatic carbocycles. The lowest BCUT2D eigenvalue weighted by molar-refractivity contribution is -0.115. The summed E-state index contributed by atoms with van der Waals surface area (Å²) in [6.45, 7) is 3.21. The monoisotopic (exact) mass is 281 g/mol. The molecule has 1 aliphatic rings. The normalized spacial score (nSPS) is 22.4. The standard InChI is InChI=1S/C13H16ClN3O2/c1-8(18)16-12(15)17-13(2)6-5-9-7-10(14)3-4-11(9)19-13/h3-4,7H,5-6H2,1-2H3,(H3,15,16,17,18). The van der Waals surface area contributed by atoms with Gasteiger partial charge in [0.1, 0.15) is 5.75 Å². The van der Waals surface area contributed by atoms with E-state index in [4.69, 9.17) is 22.1 Å². The fraction of sp³-hybridized carbons (Fsp3) is 0.385. The second-order valence-electron chi connectivity index (χ2n) is 4.73. The van der Waals surface area contributed by atoms with E-state index >= 15 is 0 Å². The average Bonchev–Trinajstić information content (AvgIpc) is 2.28. The Morgan fingerprint density at radius 2 is 2.32 bits per heavy atom. The van der Waals surface area contributed by atoms with Crippen molar-refractivity contribution < 1.29 is 9.53 Å². The van der Waals surface area contributed by atoms with Crippen LogP contribution in [0.2, 0.25) is 5.02 Å². The maximum atomic E-state index is 10.9. The van der Waals surface area contributed by atoms with E-state index in [1.807, 2.05) is 19.1 Å². The molecule has 102 valence electrons. The van der Waals surface area contributed by atoms with Gasteiger partial charge in [0.05, 0.1) is 0 Å². The molecule has 1 aromatic rings. The number of benzene rings is 1. The Balaban J connectivity index is 2.16. The maximum Gasteiger partial charge on any atom is 0.245 e. The van der Waals surface area contributed by atoms with Crippen molar-refractivity contribution in [2.24, 2.45) is 10.7 Å². The molecule has 1 aromatic carbocycles. The van der Waals surface area contributed by atoms with E-state index in [0.717, 1.165) is 17.7 Å². The Bertz CT molecular complexity index is 545. The number of aliphatic imine (C=N–C) groups is 1. The van der Waals surface area contributed by atoms with Crippen LogP contribution >= 0.6 is 11.6 Å². The molecule has 3 N–H and O–H groups in total. The number of nitrogens with one attached hydrogen (secondary N) is 1. The number of amides is 1. The number of aryl methyl sites for hydroxylation is 1. The molecule has 1 amide bonds. The number of hydrogen-bond donors (Lipinski definition) is 2. The molecule has 0 saturated heterocycles. The molecule has 0 fully saturated rings. The number of rotatable bonds is 1. The minimum Gasteiger partial charge on any atom is -0.468 e. The van der Waals surface area contributed by atoms with Gasteiger partial charge in [0, 0.05) is 18.4 Å². The lowest BCUT2D eigenvalue weighted by Gasteiger charge is -2.36. The van der Waals surface area contributed by atoms with E-state index in [-0.39, 0.29) is 11.9 Å². The average molecular weight is 282 g/mol. The van der Waals surface area contributed by atoms with E-state index in [9.17, 15) is 4.79 Å². The Kier molecular flexibility index (Phi) is 3.66. The van der Waals surface area contributed by atoms with Crippen LogP contribution in [0.25, 0.3) is 0 Å². The largest absolute Gasteiger partial charge is 0.468 e. The van der Waals surface area contributed by atoms with Crippen molar-refractivity contribution in [3.63, 3.8) is 0 Å². The zero-order valence-electron chi connectivity index (χ0n) is 10.9. The van der Waals surface area contributed by atoms with Crippen LogP contribution in [0.15, 0.2) is 23.2 Å². The second kappa shape index (κ2) is 5.09. The van der Waals surface area contributed by atoms with Gasteiger partial charge in [0.2, 0.25) is 5.91 Å². The molecule has 0 radical (unpaired) electrons. The van der Waals surface area contributed by atoms with Gasteiger partial charge < -0.3 is 15.8 Å². The van der Waals surface area contributed by atoms with Crippen molar-refractivity contribution in [2.75, 3.05) is 0 Å². The summed E-state index contributed by atoms with van der Waals surface area (Å²) in [5.74, 6) is 0.477. The lowest BCUT2D eigenvalue weighted by Crippen LogP contribution is -2.55. The number of halogens is 1. The fourth-order valence-electron chi connectivity index (χ4n) is 2.07. The summed E-state index contributed by atoms with van der Waals surface area (Å²) in [5, 5.41) is 3.63. The molecule has 0 saturated carbocycles. The van der Waals surface area contributed by atoms with Gasteiger partial charge in [-0.2, -0.15) is 4.99 Å². The number of hydrogen-bond acceptors (Lipinski definition) is 2. The van der Waals surface area contributed by atoms with Gasteiger partial charge in [0.15, 0.2) is 11.7 Å². The lowest BCUT2D eigenvalue weighted by atomic mass is 9.99. The van der Waals surface area contributed by atoms with Crippen molar-refractivity contribution in [3.05, 3.63) is 28.8 Å². The Hall–Kier alpha value is -1.75. The Morgan fingerprint density at radius 1 is 1.58 bits per heavy atom. The molecule has 1 heterocycles. The minimum absolute atomic E-state index is 0.0624. The van der Waals surface area contributed by atoms with Gasteiger partial charge in [0.25, 0.3) is 0 Å². The molecule has 19 heavy (non-hydrogen) atoms. The first-order valence-corrected chi connectivity index (χ1v) is 6.36. The van der Waals surface area contributed by atoms with Gasteiger partial charge in [-0.15, -0.1) is 0 Å². The summed E-state index contributed by atoms with van der Waals surface area (Å²) in [6, 6.07) is 5.50. The summed E-state index contributed by atoms with van der Waals surface area (Å²) in [6.07, 6.45) is 1.52. The minimum atomic E-state index is -0.677. The van der Waals surface area contributed by atoms with Crippen molar-refractivity contribution in [3.8, 4) is 5.75 Å². The van der Waals surface area contributed by atoms with Crippen LogP contribution in [-0.4, -0.2) is 17.6 Å². The topological polar surface area (TPSA) is 76.7 Å². The van der Waals surface area contributed by atoms with Gasteiger partial charge in [-0.3, -0.25) is 4.79 Å². The number of nitrogens with zero attached hydrogens (tertiary/aromatic N) is 1. The van der Waals surface area contributed by atoms with Crippen LogP contribution in [0, 0.1) is 0 Å². The zero-order valence-corrected chi connectivity index (χ0v) is 11.6. The molecule has 5 nitrogen and oxygen atoms in total. The number of carbonyl (C=O) groups excluding carboxylic acids is 1. The summed E-state index contributed by atoms with van der Waals surface area (Å²) >= 11 is 5.94. The van der Waals surface area contributed by atoms with Crippen LogP contribution in [0.4, 0.5) is 0 Å². The van der Waals surface area contributed by atoms with Crippen molar-refractivity contribution in [1.82, 2.24) is 5.32 Å². The van der Waals surface area contributed by atoms with Gasteiger partial charge in [-0.25, -0.2) is 0 Å². The molecule has 0 spiro atoms. The zero-order chi connectivity index (χ0) is 14.0. The molecule has 0 aromatic heterocycles. The van der Waals surface area contributed by atoms with Gasteiger partial charge >= 0.3 is 0 Å². The highest BCUT2D eigenvalue weighted by Crippen LogP contribution is 2.33. The smallest absolute Gasteiger partial charge is 0.245 e. The summed E-state index contributed by atoms with van der Waals surface area (Å²) in [7, 11) is 0. The third kappa shape index (κ3) is 3.38. The first-order valence-electron chi connectivity index (χ1n) is 5.98. The molecule has 1 aliphatic heterocycles. The fourth-order valence-corrected chi connectivity index (χ4v) is 2.26. The van der Waals surface area contributed by atoms with Crippen molar-refractivity contribution in [2.45, 2.75) is 32.4 Å². The molecular formula is C13H16ClN3O2. The highest BCUT2D eigenvalue weighted by molar-refractivity contribution is 6.30. The Morgan fingerprint density at radius 3 is 3.00 bits per heavy atom. The van der Waals surface area contributed by atoms with E-state index < -0.39 is 5.72 Å². The number of guanidine groups is 1. The van der Waals surface area contributed by atoms with E-state index in [1.165, 1.54) is 6.92 Å². The van der Waals surface area contributed by atoms with Gasteiger partial charge in [-0.1, -0.05) is 11.6 Å². The van der Waals surface area contributed by atoms with Gasteiger partial charge in [-0.05, 0) is 37.1 Å². The van der Waals surface area contributed by atoms with Crippen LogP contribution in [0.3, 0.4) is 0 Å². The second-order valence-corrected chi connectivity index (χ2v) is 5.16. The maximum absolute atomic E-state index is 10.9. The third-order valence-corrected chi connectivity index (χ3v) is 3.13. The number of nitrogens with two attached hydrogens (primary N) is 1. The van der Waals surface area contributed by atoms with Crippen LogP contribution in [0.5, 0.6) is 5.75 Å². The van der Waals surface area contributed by atoms with E-state index in [0.29, 0.717) is 11.4 Å². The predicted molar refractivity (Wildman–Crippen MR) is 74.2 cm³/mol. The van der Waals surface area contributed by atoms with Crippen LogP contribution < -0.4 is 15.8 Å². The van der Waals surface area contributed by atoms with E-state index in [2.05, 4.69) is 10.3 Å². The predicted octanol–water partition coefficient (Wildman–Crippen LogP) is 1.83. The first-order chi connectivity index (χ1) is 8.88. The molecule has 2 rings (SSSR count). The molecular weight excluding hydrogens is 266 g/mol. The quantitative estimate of drug-likeness (QED) is 0.608.